The zero-order valence-corrected chi connectivity index (χ0v) is 14.4. The summed E-state index contributed by atoms with van der Waals surface area (Å²) in [5, 5.41) is 6.61. The molecule has 3 rings (SSSR count). The monoisotopic (exact) mass is 336 g/mol. The van der Waals surface area contributed by atoms with E-state index in [1.165, 1.54) is 0 Å². The lowest BCUT2D eigenvalue weighted by Crippen LogP contribution is -2.40. The Kier molecular flexibility index (Phi) is 4.27. The highest BCUT2D eigenvalue weighted by atomic mass is 16.2. The highest BCUT2D eigenvalue weighted by Crippen LogP contribution is 2.15. The van der Waals surface area contributed by atoms with Gasteiger partial charge in [-0.1, -0.05) is 6.07 Å². The molecule has 6 nitrogen and oxygen atoms in total. The van der Waals surface area contributed by atoms with Gasteiger partial charge in [0.05, 0.1) is 0 Å². The van der Waals surface area contributed by atoms with Crippen molar-refractivity contribution in [1.29, 1.82) is 0 Å². The number of H-pyrrole nitrogens is 1. The highest BCUT2D eigenvalue weighted by molar-refractivity contribution is 6.06. The molecule has 3 aromatic rings. The van der Waals surface area contributed by atoms with Gasteiger partial charge in [-0.3, -0.25) is 9.59 Å². The van der Waals surface area contributed by atoms with Gasteiger partial charge in [0.15, 0.2) is 0 Å². The summed E-state index contributed by atoms with van der Waals surface area (Å²) < 4.78 is 0. The minimum atomic E-state index is -0.343. The Morgan fingerprint density at radius 1 is 1.00 bits per heavy atom. The van der Waals surface area contributed by atoms with E-state index < -0.39 is 0 Å². The number of anilines is 1. The number of hydrogen-bond acceptors (Lipinski definition) is 3. The van der Waals surface area contributed by atoms with Gasteiger partial charge < -0.3 is 15.6 Å². The molecular weight excluding hydrogens is 316 g/mol. The Hall–Kier alpha value is -3.15. The molecule has 0 saturated heterocycles. The number of aromatic nitrogens is 2. The van der Waals surface area contributed by atoms with E-state index in [4.69, 9.17) is 0 Å². The summed E-state index contributed by atoms with van der Waals surface area (Å²) in [6.07, 6.45) is 1.79. The lowest BCUT2D eigenvalue weighted by molar-refractivity contribution is 0.0919. The molecule has 0 unspecified atom stereocenters. The molecule has 0 aliphatic heterocycles. The largest absolute Gasteiger partial charge is 0.347 e. The van der Waals surface area contributed by atoms with Crippen molar-refractivity contribution in [3.63, 3.8) is 0 Å². The van der Waals surface area contributed by atoms with Gasteiger partial charge in [-0.05, 0) is 57.2 Å². The van der Waals surface area contributed by atoms with Gasteiger partial charge in [0, 0.05) is 28.2 Å². The zero-order valence-electron chi connectivity index (χ0n) is 14.4. The number of hydrogen-bond donors (Lipinski definition) is 3. The standard InChI is InChI=1S/C19H20N4O2/c1-19(2,3)23-18(25)14-6-4-5-13(11-14)17(24)22-15-8-7-12-9-10-20-16(12)21-15/h4-11H,1-3H3,(H,23,25)(H2,20,21,22,24). The first-order valence-corrected chi connectivity index (χ1v) is 8.00. The van der Waals surface area contributed by atoms with Crippen molar-refractivity contribution < 1.29 is 9.59 Å². The molecule has 0 radical (unpaired) electrons. The van der Waals surface area contributed by atoms with Crippen molar-refractivity contribution in [2.24, 2.45) is 0 Å². The minimum Gasteiger partial charge on any atom is -0.347 e. The Morgan fingerprint density at radius 2 is 1.72 bits per heavy atom. The van der Waals surface area contributed by atoms with Gasteiger partial charge in [-0.2, -0.15) is 0 Å². The molecule has 2 amide bonds. The van der Waals surface area contributed by atoms with E-state index >= 15 is 0 Å². The van der Waals surface area contributed by atoms with Crippen molar-refractivity contribution in [2.45, 2.75) is 26.3 Å². The fourth-order valence-corrected chi connectivity index (χ4v) is 2.40. The number of aromatic amines is 1. The SMILES string of the molecule is CC(C)(C)NC(=O)c1cccc(C(=O)Nc2ccc3cc[nH]c3n2)c1. The van der Waals surface area contributed by atoms with Crippen LogP contribution in [0.5, 0.6) is 0 Å². The predicted octanol–water partition coefficient (Wildman–Crippen LogP) is 3.34. The van der Waals surface area contributed by atoms with Crippen LogP contribution in [0.3, 0.4) is 0 Å². The first kappa shape index (κ1) is 16.7. The smallest absolute Gasteiger partial charge is 0.256 e. The van der Waals surface area contributed by atoms with Crippen LogP contribution in [0.4, 0.5) is 5.82 Å². The van der Waals surface area contributed by atoms with E-state index in [1.807, 2.05) is 32.9 Å². The van der Waals surface area contributed by atoms with Crippen LogP contribution in [-0.2, 0) is 0 Å². The summed E-state index contributed by atoms with van der Waals surface area (Å²) in [6.45, 7) is 5.72. The molecule has 0 bridgehead atoms. The predicted molar refractivity (Wildman–Crippen MR) is 97.7 cm³/mol. The third-order valence-electron chi connectivity index (χ3n) is 3.53. The lowest BCUT2D eigenvalue weighted by Gasteiger charge is -2.20. The van der Waals surface area contributed by atoms with Crippen LogP contribution in [0.25, 0.3) is 11.0 Å². The van der Waals surface area contributed by atoms with E-state index in [9.17, 15) is 9.59 Å². The van der Waals surface area contributed by atoms with E-state index in [1.54, 1.807) is 36.5 Å². The van der Waals surface area contributed by atoms with Crippen molar-refractivity contribution in [3.8, 4) is 0 Å². The number of pyridine rings is 1. The van der Waals surface area contributed by atoms with E-state index in [0.29, 0.717) is 22.6 Å². The van der Waals surface area contributed by atoms with Gasteiger partial charge in [0.25, 0.3) is 11.8 Å². The summed E-state index contributed by atoms with van der Waals surface area (Å²) >= 11 is 0. The second kappa shape index (κ2) is 6.39. The maximum Gasteiger partial charge on any atom is 0.256 e. The average Bonchev–Trinajstić information content (AvgIpc) is 3.01. The van der Waals surface area contributed by atoms with Crippen molar-refractivity contribution in [3.05, 3.63) is 59.8 Å². The first-order valence-electron chi connectivity index (χ1n) is 8.00. The molecule has 128 valence electrons. The van der Waals surface area contributed by atoms with E-state index in [-0.39, 0.29) is 17.4 Å². The van der Waals surface area contributed by atoms with Crippen LogP contribution >= 0.6 is 0 Å². The molecule has 3 N–H and O–H groups in total. The summed E-state index contributed by atoms with van der Waals surface area (Å²) in [4.78, 5) is 32.0. The summed E-state index contributed by atoms with van der Waals surface area (Å²) in [7, 11) is 0. The Balaban J connectivity index is 1.77. The van der Waals surface area contributed by atoms with Gasteiger partial charge >= 0.3 is 0 Å². The Morgan fingerprint density at radius 3 is 2.44 bits per heavy atom. The molecule has 0 saturated carbocycles. The average molecular weight is 336 g/mol. The highest BCUT2D eigenvalue weighted by Gasteiger charge is 2.16. The molecule has 0 fully saturated rings. The molecule has 0 atom stereocenters. The molecule has 0 spiro atoms. The van der Waals surface area contributed by atoms with Crippen LogP contribution in [-0.4, -0.2) is 27.3 Å². The molecule has 1 aromatic carbocycles. The first-order chi connectivity index (χ1) is 11.8. The fraction of sp³-hybridized carbons (Fsp3) is 0.211. The van der Waals surface area contributed by atoms with E-state index in [0.717, 1.165) is 5.39 Å². The number of benzene rings is 1. The van der Waals surface area contributed by atoms with Crippen molar-refractivity contribution >= 4 is 28.7 Å². The number of nitrogens with one attached hydrogen (secondary N) is 3. The molecule has 2 heterocycles. The third-order valence-corrected chi connectivity index (χ3v) is 3.53. The minimum absolute atomic E-state index is 0.215. The van der Waals surface area contributed by atoms with Crippen molar-refractivity contribution in [1.82, 2.24) is 15.3 Å². The molecular formula is C19H20N4O2. The molecule has 2 aromatic heterocycles. The van der Waals surface area contributed by atoms with Crippen LogP contribution < -0.4 is 10.6 Å². The third kappa shape index (κ3) is 4.03. The number of nitrogens with zero attached hydrogens (tertiary/aromatic N) is 1. The maximum absolute atomic E-state index is 12.5. The van der Waals surface area contributed by atoms with Crippen LogP contribution in [0.15, 0.2) is 48.7 Å². The van der Waals surface area contributed by atoms with Gasteiger partial charge in [0.1, 0.15) is 11.5 Å². The lowest BCUT2D eigenvalue weighted by atomic mass is 10.1. The second-order valence-electron chi connectivity index (χ2n) is 6.85. The van der Waals surface area contributed by atoms with Gasteiger partial charge in [-0.15, -0.1) is 0 Å². The number of amides is 2. The Labute approximate surface area is 145 Å². The Bertz CT molecular complexity index is 938. The van der Waals surface area contributed by atoms with Crippen molar-refractivity contribution in [2.75, 3.05) is 5.32 Å². The topological polar surface area (TPSA) is 86.9 Å². The molecule has 0 aliphatic carbocycles. The quantitative estimate of drug-likeness (QED) is 0.685. The van der Waals surface area contributed by atoms with Crippen LogP contribution in [0, 0.1) is 0 Å². The number of carbonyl (C=O) groups is 2. The van der Waals surface area contributed by atoms with E-state index in [2.05, 4.69) is 20.6 Å². The number of fused-ring (bicyclic) bond motifs is 1. The molecule has 0 aliphatic rings. The number of carbonyl (C=O) groups excluding carboxylic acids is 2. The fourth-order valence-electron chi connectivity index (χ4n) is 2.40. The number of rotatable bonds is 3. The second-order valence-corrected chi connectivity index (χ2v) is 6.85. The maximum atomic E-state index is 12.5. The van der Waals surface area contributed by atoms with Crippen LogP contribution in [0.1, 0.15) is 41.5 Å². The van der Waals surface area contributed by atoms with Gasteiger partial charge in [-0.25, -0.2) is 4.98 Å². The van der Waals surface area contributed by atoms with Crippen LogP contribution in [0.2, 0.25) is 0 Å². The summed E-state index contributed by atoms with van der Waals surface area (Å²) in [6, 6.07) is 12.1. The normalized spacial score (nSPS) is 11.3. The summed E-state index contributed by atoms with van der Waals surface area (Å²) in [5.74, 6) is -0.0820. The van der Waals surface area contributed by atoms with Gasteiger partial charge in [0.2, 0.25) is 0 Å². The molecule has 6 heteroatoms. The zero-order chi connectivity index (χ0) is 18.0. The summed E-state index contributed by atoms with van der Waals surface area (Å²) in [5.41, 5.74) is 1.20. The molecule has 25 heavy (non-hydrogen) atoms.